The Balaban J connectivity index is 1.29. The van der Waals surface area contributed by atoms with Crippen LogP contribution in [0.5, 0.6) is 5.75 Å². The van der Waals surface area contributed by atoms with Crippen LogP contribution in [0.1, 0.15) is 45.5 Å². The number of piperazine rings is 1. The van der Waals surface area contributed by atoms with E-state index in [1.807, 2.05) is 21.9 Å². The topological polar surface area (TPSA) is 53.1 Å². The Labute approximate surface area is 184 Å². The molecule has 2 heterocycles. The molecule has 0 spiro atoms. The van der Waals surface area contributed by atoms with E-state index in [0.717, 1.165) is 17.9 Å². The lowest BCUT2D eigenvalue weighted by molar-refractivity contribution is 0.0535. The van der Waals surface area contributed by atoms with E-state index in [9.17, 15) is 9.59 Å². The van der Waals surface area contributed by atoms with E-state index < -0.39 is 0 Å². The number of carbonyl (C=O) groups excluding carboxylic acids is 2. The summed E-state index contributed by atoms with van der Waals surface area (Å²) in [5, 5.41) is 0. The Bertz CT molecular complexity index is 881. The number of amides is 2. The maximum atomic E-state index is 12.9. The molecule has 4 rings (SSSR count). The average Bonchev–Trinajstić information content (AvgIpc) is 2.84. The summed E-state index contributed by atoms with van der Waals surface area (Å²) >= 11 is 0. The number of likely N-dealkylation sites (tertiary alicyclic amines) is 1. The van der Waals surface area contributed by atoms with Gasteiger partial charge in [0.15, 0.2) is 0 Å². The predicted molar refractivity (Wildman–Crippen MR) is 120 cm³/mol. The molecule has 0 bridgehead atoms. The Morgan fingerprint density at radius 2 is 1.19 bits per heavy atom. The lowest BCUT2D eigenvalue weighted by Crippen LogP contribution is -2.50. The summed E-state index contributed by atoms with van der Waals surface area (Å²) in [6.07, 6.45) is 3.90. The fourth-order valence-electron chi connectivity index (χ4n) is 4.34. The molecule has 0 aliphatic carbocycles. The summed E-state index contributed by atoms with van der Waals surface area (Å²) in [4.78, 5) is 31.8. The third kappa shape index (κ3) is 5.25. The van der Waals surface area contributed by atoms with Crippen LogP contribution < -0.4 is 4.74 Å². The summed E-state index contributed by atoms with van der Waals surface area (Å²) in [6, 6.07) is 15.2. The van der Waals surface area contributed by atoms with Gasteiger partial charge in [-0.2, -0.15) is 0 Å². The van der Waals surface area contributed by atoms with Crippen molar-refractivity contribution in [1.82, 2.24) is 14.7 Å². The van der Waals surface area contributed by atoms with Gasteiger partial charge >= 0.3 is 0 Å². The zero-order valence-electron chi connectivity index (χ0n) is 18.3. The van der Waals surface area contributed by atoms with Gasteiger partial charge in [-0.1, -0.05) is 18.6 Å². The maximum Gasteiger partial charge on any atom is 0.253 e. The fraction of sp³-hybridized carbons (Fsp3) is 0.440. The first-order valence-corrected chi connectivity index (χ1v) is 11.2. The van der Waals surface area contributed by atoms with E-state index in [-0.39, 0.29) is 11.8 Å². The van der Waals surface area contributed by atoms with Crippen LogP contribution in [-0.2, 0) is 6.54 Å². The quantitative estimate of drug-likeness (QED) is 0.744. The third-order valence-electron chi connectivity index (χ3n) is 6.25. The maximum absolute atomic E-state index is 12.9. The molecule has 0 N–H and O–H groups in total. The second-order valence-corrected chi connectivity index (χ2v) is 8.35. The molecule has 0 radical (unpaired) electrons. The summed E-state index contributed by atoms with van der Waals surface area (Å²) in [7, 11) is 1.61. The number of rotatable bonds is 5. The Morgan fingerprint density at radius 3 is 1.68 bits per heavy atom. The molecule has 31 heavy (non-hydrogen) atoms. The summed E-state index contributed by atoms with van der Waals surface area (Å²) in [5.41, 5.74) is 2.62. The molecular weight excluding hydrogens is 390 g/mol. The molecule has 0 saturated carbocycles. The van der Waals surface area contributed by atoms with Crippen molar-refractivity contribution >= 4 is 11.8 Å². The van der Waals surface area contributed by atoms with Gasteiger partial charge in [-0.3, -0.25) is 14.5 Å². The third-order valence-corrected chi connectivity index (χ3v) is 6.25. The number of nitrogens with zero attached hydrogens (tertiary/aromatic N) is 3. The van der Waals surface area contributed by atoms with Crippen molar-refractivity contribution in [1.29, 1.82) is 0 Å². The number of ether oxygens (including phenoxy) is 1. The highest BCUT2D eigenvalue weighted by Gasteiger charge is 2.25. The molecule has 2 aromatic carbocycles. The number of benzene rings is 2. The Hall–Kier alpha value is -2.86. The minimum atomic E-state index is -0.00295. The molecule has 2 amide bonds. The highest BCUT2D eigenvalue weighted by molar-refractivity contribution is 5.96. The van der Waals surface area contributed by atoms with E-state index in [0.29, 0.717) is 31.7 Å². The van der Waals surface area contributed by atoms with Crippen LogP contribution in [0, 0.1) is 0 Å². The minimum absolute atomic E-state index is 0.00295. The van der Waals surface area contributed by atoms with E-state index in [1.165, 1.54) is 37.9 Å². The number of piperidine rings is 1. The van der Waals surface area contributed by atoms with Crippen molar-refractivity contribution in [3.05, 3.63) is 65.2 Å². The molecule has 164 valence electrons. The number of hydrogen-bond donors (Lipinski definition) is 0. The van der Waals surface area contributed by atoms with Crippen molar-refractivity contribution in [3.8, 4) is 5.75 Å². The van der Waals surface area contributed by atoms with Crippen molar-refractivity contribution in [3.63, 3.8) is 0 Å². The largest absolute Gasteiger partial charge is 0.497 e. The lowest BCUT2D eigenvalue weighted by Gasteiger charge is -2.35. The molecule has 2 saturated heterocycles. The molecule has 2 fully saturated rings. The summed E-state index contributed by atoms with van der Waals surface area (Å²) < 4.78 is 5.15. The molecule has 0 atom stereocenters. The molecule has 2 aliphatic heterocycles. The average molecular weight is 422 g/mol. The van der Waals surface area contributed by atoms with Crippen LogP contribution >= 0.6 is 0 Å². The molecule has 6 nitrogen and oxygen atoms in total. The highest BCUT2D eigenvalue weighted by atomic mass is 16.5. The number of carbonyl (C=O) groups is 2. The molecule has 2 aliphatic rings. The fourth-order valence-corrected chi connectivity index (χ4v) is 4.34. The number of methoxy groups -OCH3 is 1. The minimum Gasteiger partial charge on any atom is -0.497 e. The molecule has 0 aromatic heterocycles. The van der Waals surface area contributed by atoms with E-state index in [2.05, 4.69) is 17.0 Å². The zero-order chi connectivity index (χ0) is 21.6. The van der Waals surface area contributed by atoms with Crippen LogP contribution in [0.15, 0.2) is 48.5 Å². The van der Waals surface area contributed by atoms with E-state index in [1.54, 1.807) is 31.4 Å². The highest BCUT2D eigenvalue weighted by Crippen LogP contribution is 2.17. The van der Waals surface area contributed by atoms with Gasteiger partial charge in [0.2, 0.25) is 0 Å². The first-order chi connectivity index (χ1) is 15.1. The molecule has 6 heteroatoms. The van der Waals surface area contributed by atoms with Crippen LogP contribution in [0.25, 0.3) is 0 Å². The van der Waals surface area contributed by atoms with Gasteiger partial charge in [-0.15, -0.1) is 0 Å². The molecule has 0 unspecified atom stereocenters. The van der Waals surface area contributed by atoms with Crippen LogP contribution in [0.2, 0.25) is 0 Å². The molecule has 2 aromatic rings. The predicted octanol–water partition coefficient (Wildman–Crippen LogP) is 3.28. The lowest BCUT2D eigenvalue weighted by atomic mass is 10.1. The Kier molecular flexibility index (Phi) is 6.87. The standard InChI is InChI=1S/C25H31N3O3/c1-31-23-11-9-22(10-12-23)25(30)28-17-15-27(16-18-28)24(29)21-7-5-20(6-8-21)19-26-13-3-2-4-14-26/h5-12H,2-4,13-19H2,1H3. The van der Waals surface area contributed by atoms with Gasteiger partial charge < -0.3 is 14.5 Å². The van der Waals surface area contributed by atoms with Crippen molar-refractivity contribution in [2.24, 2.45) is 0 Å². The van der Waals surface area contributed by atoms with Crippen LogP contribution in [0.3, 0.4) is 0 Å². The van der Waals surface area contributed by atoms with Crippen molar-refractivity contribution in [2.75, 3.05) is 46.4 Å². The normalized spacial score (nSPS) is 17.5. The van der Waals surface area contributed by atoms with Crippen LogP contribution in [0.4, 0.5) is 0 Å². The van der Waals surface area contributed by atoms with E-state index >= 15 is 0 Å². The van der Waals surface area contributed by atoms with Crippen LogP contribution in [-0.4, -0.2) is 72.9 Å². The second-order valence-electron chi connectivity index (χ2n) is 8.35. The second kappa shape index (κ2) is 9.96. The van der Waals surface area contributed by atoms with Gasteiger partial charge in [-0.05, 0) is 67.9 Å². The molecular formula is C25H31N3O3. The Morgan fingerprint density at radius 1 is 0.710 bits per heavy atom. The summed E-state index contributed by atoms with van der Waals surface area (Å²) in [5.74, 6) is 0.770. The van der Waals surface area contributed by atoms with Gasteiger partial charge in [0.25, 0.3) is 11.8 Å². The van der Waals surface area contributed by atoms with Gasteiger partial charge in [0.1, 0.15) is 5.75 Å². The van der Waals surface area contributed by atoms with E-state index in [4.69, 9.17) is 4.74 Å². The monoisotopic (exact) mass is 421 g/mol. The van der Waals surface area contributed by atoms with Crippen molar-refractivity contribution < 1.29 is 14.3 Å². The van der Waals surface area contributed by atoms with Crippen molar-refractivity contribution in [2.45, 2.75) is 25.8 Å². The first-order valence-electron chi connectivity index (χ1n) is 11.2. The zero-order valence-corrected chi connectivity index (χ0v) is 18.3. The van der Waals surface area contributed by atoms with Gasteiger partial charge in [-0.25, -0.2) is 0 Å². The summed E-state index contributed by atoms with van der Waals surface area (Å²) in [6.45, 7) is 5.49. The van der Waals surface area contributed by atoms with Gasteiger partial charge in [0.05, 0.1) is 7.11 Å². The van der Waals surface area contributed by atoms with Gasteiger partial charge in [0, 0.05) is 43.9 Å². The smallest absolute Gasteiger partial charge is 0.253 e. The first kappa shape index (κ1) is 21.4. The number of hydrogen-bond acceptors (Lipinski definition) is 4. The SMILES string of the molecule is COc1ccc(C(=O)N2CCN(C(=O)c3ccc(CN4CCCCC4)cc3)CC2)cc1.